The summed E-state index contributed by atoms with van der Waals surface area (Å²) in [4.78, 5) is 13.5. The number of amides is 1. The first kappa shape index (κ1) is 14.7. The van der Waals surface area contributed by atoms with Crippen molar-refractivity contribution < 1.29 is 4.79 Å². The van der Waals surface area contributed by atoms with Gasteiger partial charge in [-0.25, -0.2) is 0 Å². The molecular weight excluding hydrogens is 280 g/mol. The second-order valence-electron chi connectivity index (χ2n) is 6.17. The fraction of sp³-hybridized carbons (Fsp3) is 0.600. The number of carbonyl (C=O) groups excluding carboxylic acids is 1. The van der Waals surface area contributed by atoms with E-state index in [0.717, 1.165) is 43.0 Å². The van der Waals surface area contributed by atoms with Gasteiger partial charge in [0.2, 0.25) is 11.6 Å². The van der Waals surface area contributed by atoms with Crippen LogP contribution in [0.2, 0.25) is 0 Å². The van der Waals surface area contributed by atoms with Crippen molar-refractivity contribution in [1.29, 1.82) is 0 Å². The molecule has 0 bridgehead atoms. The molecule has 0 aliphatic carbocycles. The molecule has 118 valence electrons. The lowest BCUT2D eigenvalue weighted by Gasteiger charge is -2.34. The molecule has 1 N–H and O–H groups in total. The van der Waals surface area contributed by atoms with Crippen LogP contribution in [0.1, 0.15) is 45.2 Å². The fourth-order valence-electron chi connectivity index (χ4n) is 2.90. The van der Waals surface area contributed by atoms with Gasteiger partial charge in [0.05, 0.1) is 11.4 Å². The molecule has 1 amide bonds. The van der Waals surface area contributed by atoms with E-state index in [1.54, 1.807) is 17.8 Å². The number of fused-ring (bicyclic) bond motifs is 1. The number of piperidine rings is 1. The number of carbonyl (C=O) groups is 1. The van der Waals surface area contributed by atoms with E-state index in [-0.39, 0.29) is 11.9 Å². The fourth-order valence-corrected chi connectivity index (χ4v) is 2.90. The van der Waals surface area contributed by atoms with Gasteiger partial charge in [-0.3, -0.25) is 4.79 Å². The van der Waals surface area contributed by atoms with Crippen LogP contribution in [0.5, 0.6) is 0 Å². The molecule has 1 fully saturated rings. The summed E-state index contributed by atoms with van der Waals surface area (Å²) in [5, 5.41) is 15.7. The minimum Gasteiger partial charge on any atom is -0.368 e. The van der Waals surface area contributed by atoms with Gasteiger partial charge in [-0.2, -0.15) is 9.61 Å². The van der Waals surface area contributed by atoms with E-state index in [1.165, 1.54) is 0 Å². The molecule has 7 nitrogen and oxygen atoms in total. The second-order valence-corrected chi connectivity index (χ2v) is 6.17. The van der Waals surface area contributed by atoms with E-state index < -0.39 is 0 Å². The number of rotatable bonds is 3. The van der Waals surface area contributed by atoms with Crippen LogP contribution < -0.4 is 10.2 Å². The van der Waals surface area contributed by atoms with Crippen LogP contribution in [0.4, 0.5) is 5.69 Å². The largest absolute Gasteiger partial charge is 0.368 e. The Morgan fingerprint density at radius 2 is 2.09 bits per heavy atom. The Morgan fingerprint density at radius 1 is 1.36 bits per heavy atom. The van der Waals surface area contributed by atoms with Crippen molar-refractivity contribution in [2.24, 2.45) is 0 Å². The molecule has 1 saturated heterocycles. The summed E-state index contributed by atoms with van der Waals surface area (Å²) in [6, 6.07) is 2.39. The van der Waals surface area contributed by atoms with Crippen molar-refractivity contribution in [2.45, 2.75) is 45.6 Å². The normalized spacial score (nSPS) is 16.5. The zero-order chi connectivity index (χ0) is 15.7. The van der Waals surface area contributed by atoms with E-state index in [9.17, 15) is 4.79 Å². The van der Waals surface area contributed by atoms with E-state index in [4.69, 9.17) is 0 Å². The molecule has 22 heavy (non-hydrogen) atoms. The lowest BCUT2D eigenvalue weighted by molar-refractivity contribution is -0.119. The van der Waals surface area contributed by atoms with Crippen molar-refractivity contribution >= 4 is 17.2 Å². The van der Waals surface area contributed by atoms with Gasteiger partial charge in [-0.05, 0) is 24.8 Å². The minimum absolute atomic E-state index is 0.0457. The summed E-state index contributed by atoms with van der Waals surface area (Å²) < 4.78 is 1.75. The zero-order valence-corrected chi connectivity index (χ0v) is 13.3. The predicted octanol–water partition coefficient (Wildman–Crippen LogP) is 1.35. The first-order valence-electron chi connectivity index (χ1n) is 7.77. The van der Waals surface area contributed by atoms with Gasteiger partial charge in [0.25, 0.3) is 0 Å². The first-order valence-corrected chi connectivity index (χ1v) is 7.77. The lowest BCUT2D eigenvalue weighted by Crippen LogP contribution is -2.44. The Kier molecular flexibility index (Phi) is 3.96. The van der Waals surface area contributed by atoms with E-state index in [1.807, 2.05) is 0 Å². The summed E-state index contributed by atoms with van der Waals surface area (Å²) in [5.41, 5.74) is 2.91. The highest BCUT2D eigenvalue weighted by Gasteiger charge is 2.23. The smallest absolute Gasteiger partial charge is 0.217 e. The number of nitrogens with zero attached hydrogens (tertiary/aromatic N) is 5. The molecule has 0 aromatic carbocycles. The van der Waals surface area contributed by atoms with Gasteiger partial charge >= 0.3 is 0 Å². The van der Waals surface area contributed by atoms with Gasteiger partial charge < -0.3 is 10.2 Å². The van der Waals surface area contributed by atoms with Crippen molar-refractivity contribution in [1.82, 2.24) is 25.1 Å². The molecule has 2 aromatic heterocycles. The molecular formula is C15H22N6O. The lowest BCUT2D eigenvalue weighted by atomic mass is 10.0. The van der Waals surface area contributed by atoms with Gasteiger partial charge in [0.15, 0.2) is 0 Å². The Balaban J connectivity index is 1.84. The summed E-state index contributed by atoms with van der Waals surface area (Å²) in [6.45, 7) is 7.63. The average Bonchev–Trinajstić information content (AvgIpc) is 2.94. The molecule has 0 saturated carbocycles. The third kappa shape index (κ3) is 2.88. The molecule has 1 aliphatic rings. The maximum absolute atomic E-state index is 11.2. The monoisotopic (exact) mass is 302 g/mol. The number of hydrogen-bond donors (Lipinski definition) is 1. The van der Waals surface area contributed by atoms with Crippen molar-refractivity contribution in [3.8, 4) is 0 Å². The third-order valence-electron chi connectivity index (χ3n) is 4.10. The molecule has 2 aromatic rings. The van der Waals surface area contributed by atoms with Crippen LogP contribution in [-0.2, 0) is 4.79 Å². The quantitative estimate of drug-likeness (QED) is 0.926. The predicted molar refractivity (Wildman–Crippen MR) is 83.9 cm³/mol. The van der Waals surface area contributed by atoms with Crippen molar-refractivity contribution in [3.05, 3.63) is 18.1 Å². The second kappa shape index (κ2) is 5.90. The Morgan fingerprint density at radius 3 is 2.73 bits per heavy atom. The molecule has 0 atom stereocenters. The van der Waals surface area contributed by atoms with E-state index in [0.29, 0.717) is 5.92 Å². The minimum atomic E-state index is 0.0457. The first-order chi connectivity index (χ1) is 10.5. The molecule has 0 radical (unpaired) electrons. The van der Waals surface area contributed by atoms with Gasteiger partial charge in [0.1, 0.15) is 6.33 Å². The molecule has 1 aliphatic heterocycles. The molecule has 7 heteroatoms. The number of aromatic nitrogens is 4. The summed E-state index contributed by atoms with van der Waals surface area (Å²) in [6.07, 6.45) is 3.53. The Hall–Kier alpha value is -2.18. The number of anilines is 1. The van der Waals surface area contributed by atoms with Crippen LogP contribution in [0, 0.1) is 0 Å². The van der Waals surface area contributed by atoms with Crippen LogP contribution in [0.3, 0.4) is 0 Å². The number of hydrogen-bond acceptors (Lipinski definition) is 5. The Bertz CT molecular complexity index is 672. The molecule has 3 heterocycles. The SMILES string of the molecule is CC(=O)NC1CCN(c2cc(C(C)C)nn3cnnc23)CC1. The van der Waals surface area contributed by atoms with Gasteiger partial charge in [0, 0.05) is 26.1 Å². The highest BCUT2D eigenvalue weighted by atomic mass is 16.1. The Labute approximate surface area is 129 Å². The zero-order valence-electron chi connectivity index (χ0n) is 13.3. The highest BCUT2D eigenvalue weighted by molar-refractivity contribution is 5.73. The van der Waals surface area contributed by atoms with Crippen molar-refractivity contribution in [2.75, 3.05) is 18.0 Å². The summed E-state index contributed by atoms with van der Waals surface area (Å²) >= 11 is 0. The molecule has 3 rings (SSSR count). The summed E-state index contributed by atoms with van der Waals surface area (Å²) in [5.74, 6) is 0.395. The van der Waals surface area contributed by atoms with Gasteiger partial charge in [-0.15, -0.1) is 10.2 Å². The van der Waals surface area contributed by atoms with Crippen molar-refractivity contribution in [3.63, 3.8) is 0 Å². The van der Waals surface area contributed by atoms with Gasteiger partial charge in [-0.1, -0.05) is 13.8 Å². The van der Waals surface area contributed by atoms with Crippen LogP contribution >= 0.6 is 0 Å². The standard InChI is InChI=1S/C15H22N6O/c1-10(2)13-8-14(15-18-16-9-21(15)19-13)20-6-4-12(5-7-20)17-11(3)22/h8-10,12H,4-7H2,1-3H3,(H,17,22). The maximum Gasteiger partial charge on any atom is 0.217 e. The topological polar surface area (TPSA) is 75.4 Å². The van der Waals surface area contributed by atoms with Crippen LogP contribution in [0.25, 0.3) is 5.65 Å². The van der Waals surface area contributed by atoms with Crippen LogP contribution in [0.15, 0.2) is 12.4 Å². The number of nitrogens with one attached hydrogen (secondary N) is 1. The average molecular weight is 302 g/mol. The molecule has 0 unspecified atom stereocenters. The third-order valence-corrected chi connectivity index (χ3v) is 4.10. The van der Waals surface area contributed by atoms with E-state index >= 15 is 0 Å². The summed E-state index contributed by atoms with van der Waals surface area (Å²) in [7, 11) is 0. The van der Waals surface area contributed by atoms with Crippen LogP contribution in [-0.4, -0.2) is 44.8 Å². The maximum atomic E-state index is 11.2. The molecule has 0 spiro atoms. The highest BCUT2D eigenvalue weighted by Crippen LogP contribution is 2.26. The van der Waals surface area contributed by atoms with E-state index in [2.05, 4.69) is 45.4 Å².